The monoisotopic (exact) mass is 325 g/mol. The molecule has 1 aliphatic heterocycles. The lowest BCUT2D eigenvalue weighted by Gasteiger charge is -2.20. The third-order valence-electron chi connectivity index (χ3n) is 2.48. The highest BCUT2D eigenvalue weighted by Gasteiger charge is 2.20. The van der Waals surface area contributed by atoms with Gasteiger partial charge >= 0.3 is 0 Å². The Bertz CT molecular complexity index is 479. The van der Waals surface area contributed by atoms with E-state index in [1.165, 1.54) is 17.4 Å². The van der Waals surface area contributed by atoms with E-state index in [0.29, 0.717) is 16.7 Å². The van der Waals surface area contributed by atoms with Crippen LogP contribution in [0.1, 0.15) is 4.88 Å². The van der Waals surface area contributed by atoms with Gasteiger partial charge in [-0.1, -0.05) is 0 Å². The van der Waals surface area contributed by atoms with Crippen LogP contribution in [-0.4, -0.2) is 42.6 Å². The number of rotatable bonds is 5. The maximum atomic E-state index is 12.0. The number of nitrogens with one attached hydrogen (secondary N) is 1. The van der Waals surface area contributed by atoms with Crippen LogP contribution in [0, 0.1) is 0 Å². The van der Waals surface area contributed by atoms with Gasteiger partial charge in [0.15, 0.2) is 0 Å². The molecule has 8 heteroatoms. The number of aliphatic hydroxyl groups is 1. The van der Waals surface area contributed by atoms with Crippen LogP contribution >= 0.6 is 34.9 Å². The van der Waals surface area contributed by atoms with Crippen molar-refractivity contribution < 1.29 is 13.5 Å². The molecule has 1 aliphatic rings. The van der Waals surface area contributed by atoms with E-state index in [1.807, 2.05) is 23.5 Å². The minimum absolute atomic E-state index is 0.116. The predicted octanol–water partition coefficient (Wildman–Crippen LogP) is 1.37. The van der Waals surface area contributed by atoms with Crippen molar-refractivity contribution >= 4 is 44.9 Å². The molecule has 102 valence electrons. The van der Waals surface area contributed by atoms with Gasteiger partial charge in [-0.25, -0.2) is 13.1 Å². The first-order chi connectivity index (χ1) is 8.62. The van der Waals surface area contributed by atoms with Crippen molar-refractivity contribution in [2.24, 2.45) is 0 Å². The van der Waals surface area contributed by atoms with Gasteiger partial charge in [0.2, 0.25) is 10.0 Å². The maximum absolute atomic E-state index is 12.0. The molecule has 0 radical (unpaired) electrons. The van der Waals surface area contributed by atoms with E-state index in [9.17, 15) is 8.42 Å². The molecule has 2 heterocycles. The number of aliphatic hydroxyl groups excluding tert-OH is 1. The van der Waals surface area contributed by atoms with Crippen LogP contribution in [0.25, 0.3) is 0 Å². The Morgan fingerprint density at radius 3 is 2.89 bits per heavy atom. The quantitative estimate of drug-likeness (QED) is 0.856. The number of thioether (sulfide) groups is 2. The summed E-state index contributed by atoms with van der Waals surface area (Å²) < 4.78 is 26.6. The molecular formula is C10H15NO3S4. The summed E-state index contributed by atoms with van der Waals surface area (Å²) in [6, 6.07) is 1.52. The minimum atomic E-state index is -3.42. The maximum Gasteiger partial charge on any atom is 0.241 e. The standard InChI is InChI=1S/C10H15NO3S4/c12-5-8-3-10(7-17-8)18(13,14)11-4-9-6-15-1-2-16-9/h3,7,9,11-12H,1-2,4-6H2. The van der Waals surface area contributed by atoms with Gasteiger partial charge < -0.3 is 5.11 Å². The Morgan fingerprint density at radius 1 is 1.44 bits per heavy atom. The van der Waals surface area contributed by atoms with Crippen LogP contribution in [0.4, 0.5) is 0 Å². The molecule has 1 saturated heterocycles. The Balaban J connectivity index is 1.94. The second-order valence-corrected chi connectivity index (χ2v) is 9.15. The van der Waals surface area contributed by atoms with Crippen LogP contribution in [0.3, 0.4) is 0 Å². The average Bonchev–Trinajstić information content (AvgIpc) is 2.87. The van der Waals surface area contributed by atoms with Crippen LogP contribution in [0.15, 0.2) is 16.3 Å². The van der Waals surface area contributed by atoms with Crippen molar-refractivity contribution in [2.75, 3.05) is 23.8 Å². The number of hydrogen-bond acceptors (Lipinski definition) is 6. The van der Waals surface area contributed by atoms with E-state index < -0.39 is 10.0 Å². The first-order valence-electron chi connectivity index (χ1n) is 5.49. The van der Waals surface area contributed by atoms with Crippen LogP contribution in [-0.2, 0) is 16.6 Å². The van der Waals surface area contributed by atoms with Gasteiger partial charge in [-0.2, -0.15) is 23.5 Å². The molecule has 1 atom stereocenters. The van der Waals surface area contributed by atoms with Crippen molar-refractivity contribution in [1.29, 1.82) is 0 Å². The fourth-order valence-corrected chi connectivity index (χ4v) is 6.46. The zero-order valence-corrected chi connectivity index (χ0v) is 12.9. The van der Waals surface area contributed by atoms with Gasteiger partial charge in [0.25, 0.3) is 0 Å². The topological polar surface area (TPSA) is 66.4 Å². The predicted molar refractivity (Wildman–Crippen MR) is 79.0 cm³/mol. The lowest BCUT2D eigenvalue weighted by molar-refractivity contribution is 0.285. The zero-order valence-electron chi connectivity index (χ0n) is 9.66. The van der Waals surface area contributed by atoms with Crippen molar-refractivity contribution in [1.82, 2.24) is 4.72 Å². The fraction of sp³-hybridized carbons (Fsp3) is 0.600. The first kappa shape index (κ1) is 14.7. The van der Waals surface area contributed by atoms with Crippen LogP contribution in [0.2, 0.25) is 0 Å². The molecule has 0 spiro atoms. The van der Waals surface area contributed by atoms with E-state index >= 15 is 0 Å². The highest BCUT2D eigenvalue weighted by Crippen LogP contribution is 2.24. The van der Waals surface area contributed by atoms with Crippen LogP contribution < -0.4 is 4.72 Å². The van der Waals surface area contributed by atoms with E-state index in [-0.39, 0.29) is 11.5 Å². The molecule has 0 bridgehead atoms. The Hall–Kier alpha value is 0.270. The van der Waals surface area contributed by atoms with E-state index in [0.717, 1.165) is 17.3 Å². The number of sulfonamides is 1. The molecule has 0 aliphatic carbocycles. The molecule has 0 aromatic carbocycles. The largest absolute Gasteiger partial charge is 0.391 e. The smallest absolute Gasteiger partial charge is 0.241 e. The Labute approximate surface area is 120 Å². The van der Waals surface area contributed by atoms with E-state index in [1.54, 1.807) is 5.38 Å². The molecule has 0 amide bonds. The van der Waals surface area contributed by atoms with Gasteiger partial charge in [-0.05, 0) is 6.07 Å². The van der Waals surface area contributed by atoms with E-state index in [2.05, 4.69) is 4.72 Å². The van der Waals surface area contributed by atoms with E-state index in [4.69, 9.17) is 5.11 Å². The van der Waals surface area contributed by atoms with Crippen molar-refractivity contribution in [2.45, 2.75) is 16.8 Å². The molecule has 1 aromatic heterocycles. The molecule has 1 fully saturated rings. The summed E-state index contributed by atoms with van der Waals surface area (Å²) in [6.45, 7) is 0.361. The summed E-state index contributed by atoms with van der Waals surface area (Å²) in [5, 5.41) is 10.9. The third kappa shape index (κ3) is 3.88. The number of thiophene rings is 1. The third-order valence-corrected chi connectivity index (χ3v) is 7.80. The van der Waals surface area contributed by atoms with Crippen molar-refractivity contribution in [3.8, 4) is 0 Å². The minimum Gasteiger partial charge on any atom is -0.391 e. The van der Waals surface area contributed by atoms with Gasteiger partial charge in [-0.3, -0.25) is 0 Å². The Morgan fingerprint density at radius 2 is 2.28 bits per heavy atom. The summed E-state index contributed by atoms with van der Waals surface area (Å²) in [7, 11) is -3.42. The van der Waals surface area contributed by atoms with Gasteiger partial charge in [0, 0.05) is 39.3 Å². The summed E-state index contributed by atoms with van der Waals surface area (Å²) >= 11 is 4.95. The molecular weight excluding hydrogens is 310 g/mol. The highest BCUT2D eigenvalue weighted by molar-refractivity contribution is 8.06. The normalized spacial score (nSPS) is 21.1. The second-order valence-electron chi connectivity index (χ2n) is 3.83. The molecule has 0 saturated carbocycles. The van der Waals surface area contributed by atoms with Crippen LogP contribution in [0.5, 0.6) is 0 Å². The molecule has 18 heavy (non-hydrogen) atoms. The molecule has 2 N–H and O–H groups in total. The summed E-state index contributed by atoms with van der Waals surface area (Å²) in [6.07, 6.45) is 0. The molecule has 1 unspecified atom stereocenters. The van der Waals surface area contributed by atoms with Gasteiger partial charge in [0.05, 0.1) is 11.5 Å². The van der Waals surface area contributed by atoms with Crippen molar-refractivity contribution in [3.05, 3.63) is 16.3 Å². The summed E-state index contributed by atoms with van der Waals surface area (Å²) in [5.74, 6) is 3.24. The SMILES string of the molecule is O=S(=O)(NCC1CSCCS1)c1csc(CO)c1. The van der Waals surface area contributed by atoms with Gasteiger partial charge in [0.1, 0.15) is 0 Å². The van der Waals surface area contributed by atoms with Gasteiger partial charge in [-0.15, -0.1) is 11.3 Å². The molecule has 4 nitrogen and oxygen atoms in total. The molecule has 1 aromatic rings. The Kier molecular flexibility index (Phi) is 5.40. The first-order valence-corrected chi connectivity index (χ1v) is 10.1. The lowest BCUT2D eigenvalue weighted by atomic mass is 10.5. The summed E-state index contributed by atoms with van der Waals surface area (Å²) in [4.78, 5) is 0.919. The number of hydrogen-bond donors (Lipinski definition) is 2. The van der Waals surface area contributed by atoms with Crippen molar-refractivity contribution in [3.63, 3.8) is 0 Å². The zero-order chi connectivity index (χ0) is 13.0. The fourth-order valence-electron chi connectivity index (χ4n) is 1.52. The lowest BCUT2D eigenvalue weighted by Crippen LogP contribution is -2.33. The summed E-state index contributed by atoms with van der Waals surface area (Å²) in [5.41, 5.74) is 0. The molecule has 2 rings (SSSR count). The average molecular weight is 326 g/mol. The highest BCUT2D eigenvalue weighted by atomic mass is 32.2. The second kappa shape index (κ2) is 6.62.